The Bertz CT molecular complexity index is 1170. The third-order valence-corrected chi connectivity index (χ3v) is 4.30. The molecule has 2 aromatic carbocycles. The molecule has 7 N–H and O–H groups in total. The summed E-state index contributed by atoms with van der Waals surface area (Å²) in [4.78, 5) is 28.2. The number of aromatic nitrogens is 2. The Labute approximate surface area is 207 Å². The number of carboxylic acid groups (broad SMARTS) is 1. The highest BCUT2D eigenvalue weighted by atomic mass is 16.5. The summed E-state index contributed by atoms with van der Waals surface area (Å²) in [6.07, 6.45) is 3.15. The second kappa shape index (κ2) is 14.2. The Morgan fingerprint density at radius 1 is 1.17 bits per heavy atom. The average Bonchev–Trinajstić information content (AvgIpc) is 2.86. The zero-order valence-electron chi connectivity index (χ0n) is 19.7. The van der Waals surface area contributed by atoms with Crippen molar-refractivity contribution in [1.82, 2.24) is 15.4 Å². The van der Waals surface area contributed by atoms with Gasteiger partial charge in [-0.05, 0) is 55.0 Å². The van der Waals surface area contributed by atoms with Gasteiger partial charge < -0.3 is 20.9 Å². The molecule has 0 aliphatic carbocycles. The molecule has 0 amide bonds. The first-order chi connectivity index (χ1) is 17.3. The summed E-state index contributed by atoms with van der Waals surface area (Å²) in [6.45, 7) is 3.49. The molecular weight excluding hydrogens is 466 g/mol. The van der Waals surface area contributed by atoms with Crippen molar-refractivity contribution in [1.29, 1.82) is 5.41 Å². The molecule has 13 heteroatoms. The van der Waals surface area contributed by atoms with Crippen molar-refractivity contribution < 1.29 is 14.6 Å². The lowest BCUT2D eigenvalue weighted by molar-refractivity contribution is -0.134. The summed E-state index contributed by atoms with van der Waals surface area (Å²) in [6, 6.07) is 15.4. The summed E-state index contributed by atoms with van der Waals surface area (Å²) in [5.41, 5.74) is 13.3. The van der Waals surface area contributed by atoms with E-state index in [0.717, 1.165) is 12.5 Å². The Morgan fingerprint density at radius 2 is 1.83 bits per heavy atom. The molecule has 0 aliphatic heterocycles. The van der Waals surface area contributed by atoms with E-state index in [0.29, 0.717) is 29.6 Å². The van der Waals surface area contributed by atoms with Crippen molar-refractivity contribution in [3.63, 3.8) is 0 Å². The van der Waals surface area contributed by atoms with Crippen LogP contribution in [0.25, 0.3) is 0 Å². The fourth-order valence-corrected chi connectivity index (χ4v) is 2.86. The zero-order chi connectivity index (χ0) is 26.3. The molecule has 0 fully saturated rings. The van der Waals surface area contributed by atoms with E-state index in [2.05, 4.69) is 36.5 Å². The third-order valence-electron chi connectivity index (χ3n) is 4.30. The van der Waals surface area contributed by atoms with Gasteiger partial charge in [-0.15, -0.1) is 4.91 Å². The first-order valence-corrected chi connectivity index (χ1v) is 10.7. The van der Waals surface area contributed by atoms with Gasteiger partial charge in [0.1, 0.15) is 17.6 Å². The van der Waals surface area contributed by atoms with Gasteiger partial charge in [-0.3, -0.25) is 21.1 Å². The van der Waals surface area contributed by atoms with Gasteiger partial charge in [0, 0.05) is 30.6 Å². The second-order valence-corrected chi connectivity index (χ2v) is 6.98. The van der Waals surface area contributed by atoms with Gasteiger partial charge in [-0.25, -0.2) is 9.97 Å². The molecule has 36 heavy (non-hydrogen) atoms. The van der Waals surface area contributed by atoms with E-state index in [1.165, 1.54) is 0 Å². The maximum absolute atomic E-state index is 11.1. The zero-order valence-corrected chi connectivity index (χ0v) is 19.7. The molecule has 0 bridgehead atoms. The number of hydrogen-bond donors (Lipinski definition) is 6. The lowest BCUT2D eigenvalue weighted by atomic mass is 10.0. The lowest BCUT2D eigenvalue weighted by Crippen LogP contribution is -2.37. The number of nitrogens with two attached hydrogens (primary N) is 1. The number of ether oxygens (including phenoxy) is 1. The first kappa shape index (κ1) is 27.2. The number of hydrazine groups is 1. The Balaban J connectivity index is 0.00000106. The normalized spacial score (nSPS) is 11.2. The number of hydrogen-bond acceptors (Lipinski definition) is 9. The molecule has 0 saturated carbocycles. The number of rotatable bonds is 10. The Kier molecular flexibility index (Phi) is 10.8. The highest BCUT2D eigenvalue weighted by Crippen LogP contribution is 2.25. The number of nitrogen functional groups attached to an aromatic ring is 1. The molecule has 0 radical (unpaired) electrons. The van der Waals surface area contributed by atoms with Gasteiger partial charge in [-0.1, -0.05) is 17.2 Å². The molecular formula is C23H27N9O4. The van der Waals surface area contributed by atoms with Gasteiger partial charge >= 0.3 is 0 Å². The largest absolute Gasteiger partial charge is 0.494 e. The number of nitrogens with one attached hydrogen (secondary N) is 4. The van der Waals surface area contributed by atoms with E-state index in [9.17, 15) is 4.91 Å². The van der Waals surface area contributed by atoms with Gasteiger partial charge in [0.2, 0.25) is 5.95 Å². The fraction of sp³-hybridized carbons (Fsp3) is 0.174. The Morgan fingerprint density at radius 3 is 2.42 bits per heavy atom. The van der Waals surface area contributed by atoms with Crippen LogP contribution in [0.5, 0.6) is 5.75 Å². The van der Waals surface area contributed by atoms with E-state index < -0.39 is 12.0 Å². The number of carboxylic acids is 1. The van der Waals surface area contributed by atoms with Crippen molar-refractivity contribution in [2.75, 3.05) is 17.3 Å². The smallest absolute Gasteiger partial charge is 0.300 e. The van der Waals surface area contributed by atoms with Gasteiger partial charge in [0.25, 0.3) is 5.97 Å². The van der Waals surface area contributed by atoms with Crippen LogP contribution in [0.1, 0.15) is 31.0 Å². The molecule has 0 aliphatic rings. The third kappa shape index (κ3) is 9.05. The minimum Gasteiger partial charge on any atom is -0.494 e. The predicted octanol–water partition coefficient (Wildman–Crippen LogP) is 3.10. The number of nitroso groups, excluding NO2 is 1. The molecule has 188 valence electrons. The van der Waals surface area contributed by atoms with Crippen molar-refractivity contribution in [3.8, 4) is 5.75 Å². The van der Waals surface area contributed by atoms with Crippen molar-refractivity contribution >= 4 is 29.3 Å². The molecule has 1 atom stereocenters. The number of carbonyl (C=O) groups is 1. The SMILES string of the molecule is CC(=O)O.CCOc1cccc(C(Nc2ccc(C(=N)N)cc2)/C(=N/N=O)NNc2ncccn2)c1. The number of anilines is 2. The summed E-state index contributed by atoms with van der Waals surface area (Å²) < 4.78 is 5.61. The van der Waals surface area contributed by atoms with Crippen molar-refractivity contribution in [3.05, 3.63) is 83.0 Å². The van der Waals surface area contributed by atoms with Gasteiger partial charge in [-0.2, -0.15) is 0 Å². The number of aliphatic carboxylic acids is 1. The number of benzene rings is 2. The van der Waals surface area contributed by atoms with Gasteiger partial charge in [0.05, 0.1) is 11.9 Å². The molecule has 3 rings (SSSR count). The molecule has 1 heterocycles. The Hall–Kier alpha value is -5.07. The summed E-state index contributed by atoms with van der Waals surface area (Å²) >= 11 is 0. The molecule has 3 aromatic rings. The number of amidine groups is 2. The second-order valence-electron chi connectivity index (χ2n) is 6.98. The average molecular weight is 494 g/mol. The molecule has 1 aromatic heterocycles. The minimum atomic E-state index is -0.833. The lowest BCUT2D eigenvalue weighted by Gasteiger charge is -2.23. The number of nitrogens with zero attached hydrogens (tertiary/aromatic N) is 4. The minimum absolute atomic E-state index is 0.0290. The van der Waals surface area contributed by atoms with Crippen LogP contribution in [0.2, 0.25) is 0 Å². The van der Waals surface area contributed by atoms with Crippen LogP contribution >= 0.6 is 0 Å². The van der Waals surface area contributed by atoms with Crippen LogP contribution in [0, 0.1) is 10.3 Å². The highest BCUT2D eigenvalue weighted by Gasteiger charge is 2.21. The topological polar surface area (TPSA) is 200 Å². The summed E-state index contributed by atoms with van der Waals surface area (Å²) in [5.74, 6) is 0.274. The first-order valence-electron chi connectivity index (χ1n) is 10.7. The molecule has 13 nitrogen and oxygen atoms in total. The van der Waals surface area contributed by atoms with E-state index in [1.807, 2.05) is 31.2 Å². The van der Waals surface area contributed by atoms with Crippen LogP contribution in [0.4, 0.5) is 11.6 Å². The van der Waals surface area contributed by atoms with Crippen LogP contribution in [-0.4, -0.2) is 39.3 Å². The monoisotopic (exact) mass is 493 g/mol. The van der Waals surface area contributed by atoms with Gasteiger partial charge in [0.15, 0.2) is 5.84 Å². The summed E-state index contributed by atoms with van der Waals surface area (Å²) in [7, 11) is 0. The van der Waals surface area contributed by atoms with Crippen LogP contribution in [0.3, 0.4) is 0 Å². The quantitative estimate of drug-likeness (QED) is 0.105. The predicted molar refractivity (Wildman–Crippen MR) is 137 cm³/mol. The van der Waals surface area contributed by atoms with E-state index in [4.69, 9.17) is 25.8 Å². The van der Waals surface area contributed by atoms with Crippen molar-refractivity contribution in [2.24, 2.45) is 16.1 Å². The fourth-order valence-electron chi connectivity index (χ4n) is 2.86. The molecule has 1 unspecified atom stereocenters. The van der Waals surface area contributed by atoms with E-state index in [-0.39, 0.29) is 11.7 Å². The van der Waals surface area contributed by atoms with E-state index in [1.54, 1.807) is 42.7 Å². The van der Waals surface area contributed by atoms with Crippen LogP contribution in [0.15, 0.2) is 77.4 Å². The van der Waals surface area contributed by atoms with Crippen molar-refractivity contribution in [2.45, 2.75) is 19.9 Å². The summed E-state index contributed by atoms with van der Waals surface area (Å²) in [5, 5.41) is 24.7. The maximum atomic E-state index is 11.1. The molecule has 0 spiro atoms. The maximum Gasteiger partial charge on any atom is 0.300 e. The van der Waals surface area contributed by atoms with Crippen LogP contribution in [-0.2, 0) is 4.79 Å². The standard InChI is InChI=1S/C21H23N9O2.C2H4O2/c1-2-32-17-6-3-5-15(13-17)18(26-16-9-7-14(8-10-16)19(22)23)20(28-30-31)27-29-21-24-11-4-12-25-21;1-2(3)4/h3-13,18,26H,2H2,1H3,(H3,22,23)(H,24,25,29)(H,27,28,31);1H3,(H,3,4). The molecule has 0 saturated heterocycles. The van der Waals surface area contributed by atoms with Crippen LogP contribution < -0.4 is 26.6 Å². The highest BCUT2D eigenvalue weighted by molar-refractivity contribution is 5.95. The van der Waals surface area contributed by atoms with E-state index >= 15 is 0 Å².